The van der Waals surface area contributed by atoms with Gasteiger partial charge in [-0.2, -0.15) is 0 Å². The molecule has 1 heterocycles. The van der Waals surface area contributed by atoms with Crippen LogP contribution in [-0.2, 0) is 6.54 Å². The van der Waals surface area contributed by atoms with Crippen molar-refractivity contribution in [2.75, 3.05) is 0 Å². The molecular weight excluding hydrogens is 380 g/mol. The number of hydrogen-bond acceptors (Lipinski definition) is 2. The smallest absolute Gasteiger partial charge is 0.0684 e. The van der Waals surface area contributed by atoms with Crippen molar-refractivity contribution in [3.63, 3.8) is 0 Å². The molecule has 1 aliphatic rings. The molecule has 2 rings (SSSR count). The lowest BCUT2D eigenvalue weighted by atomic mass is 9.69. The van der Waals surface area contributed by atoms with Crippen molar-refractivity contribution >= 4 is 31.9 Å². The monoisotopic (exact) mass is 402 g/mol. The first-order valence-corrected chi connectivity index (χ1v) is 9.00. The van der Waals surface area contributed by atoms with E-state index in [2.05, 4.69) is 69.0 Å². The SMILES string of the molecule is CC(C)(C)C1CCCCC1NCc1ncc(Br)cc1Br. The molecule has 1 aromatic heterocycles. The summed E-state index contributed by atoms with van der Waals surface area (Å²) in [4.78, 5) is 4.49. The molecule has 0 aromatic carbocycles. The Balaban J connectivity index is 2.01. The molecule has 0 bridgehead atoms. The molecule has 0 aliphatic heterocycles. The van der Waals surface area contributed by atoms with Crippen molar-refractivity contribution in [2.24, 2.45) is 11.3 Å². The summed E-state index contributed by atoms with van der Waals surface area (Å²) in [7, 11) is 0. The number of rotatable bonds is 3. The van der Waals surface area contributed by atoms with Gasteiger partial charge in [0.05, 0.1) is 5.69 Å². The molecular formula is C16H24Br2N2. The summed E-state index contributed by atoms with van der Waals surface area (Å²) in [5.41, 5.74) is 1.47. The lowest BCUT2D eigenvalue weighted by Gasteiger charge is -2.41. The highest BCUT2D eigenvalue weighted by Crippen LogP contribution is 2.38. The van der Waals surface area contributed by atoms with Crippen LogP contribution in [0.5, 0.6) is 0 Å². The molecule has 1 fully saturated rings. The average Bonchev–Trinajstić information content (AvgIpc) is 2.37. The van der Waals surface area contributed by atoms with Crippen LogP contribution in [-0.4, -0.2) is 11.0 Å². The van der Waals surface area contributed by atoms with Crippen LogP contribution in [0.4, 0.5) is 0 Å². The molecule has 1 N–H and O–H groups in total. The van der Waals surface area contributed by atoms with Gasteiger partial charge in [0.15, 0.2) is 0 Å². The Hall–Kier alpha value is 0.0700. The molecule has 2 atom stereocenters. The first-order valence-electron chi connectivity index (χ1n) is 7.41. The van der Waals surface area contributed by atoms with Crippen molar-refractivity contribution in [2.45, 2.75) is 59.0 Å². The summed E-state index contributed by atoms with van der Waals surface area (Å²) in [5.74, 6) is 0.755. The van der Waals surface area contributed by atoms with Crippen molar-refractivity contribution in [3.05, 3.63) is 26.9 Å². The third kappa shape index (κ3) is 4.28. The second kappa shape index (κ2) is 6.89. The highest BCUT2D eigenvalue weighted by Gasteiger charge is 2.33. The van der Waals surface area contributed by atoms with E-state index in [4.69, 9.17) is 0 Å². The zero-order chi connectivity index (χ0) is 14.8. The maximum atomic E-state index is 4.49. The Bertz CT molecular complexity index is 454. The lowest BCUT2D eigenvalue weighted by molar-refractivity contribution is 0.130. The molecule has 1 saturated carbocycles. The van der Waals surface area contributed by atoms with Gasteiger partial charge >= 0.3 is 0 Å². The average molecular weight is 404 g/mol. The summed E-state index contributed by atoms with van der Waals surface area (Å²) in [5, 5.41) is 3.75. The largest absolute Gasteiger partial charge is 0.308 e. The van der Waals surface area contributed by atoms with Crippen LogP contribution < -0.4 is 5.32 Å². The molecule has 1 aromatic rings. The van der Waals surface area contributed by atoms with Crippen molar-refractivity contribution in [1.82, 2.24) is 10.3 Å². The maximum Gasteiger partial charge on any atom is 0.0684 e. The van der Waals surface area contributed by atoms with Crippen LogP contribution in [0, 0.1) is 11.3 Å². The zero-order valence-electron chi connectivity index (χ0n) is 12.5. The lowest BCUT2D eigenvalue weighted by Crippen LogP contribution is -2.44. The minimum absolute atomic E-state index is 0.377. The Morgan fingerprint density at radius 2 is 1.95 bits per heavy atom. The highest BCUT2D eigenvalue weighted by molar-refractivity contribution is 9.11. The van der Waals surface area contributed by atoms with Gasteiger partial charge in [0, 0.05) is 27.7 Å². The number of pyridine rings is 1. The minimum atomic E-state index is 0.377. The molecule has 0 radical (unpaired) electrons. The summed E-state index contributed by atoms with van der Waals surface area (Å²) in [6, 6.07) is 2.67. The van der Waals surface area contributed by atoms with Gasteiger partial charge in [0.2, 0.25) is 0 Å². The van der Waals surface area contributed by atoms with Gasteiger partial charge in [-0.1, -0.05) is 33.6 Å². The van der Waals surface area contributed by atoms with E-state index >= 15 is 0 Å². The van der Waals surface area contributed by atoms with Gasteiger partial charge < -0.3 is 5.32 Å². The second-order valence-electron chi connectivity index (χ2n) is 6.83. The van der Waals surface area contributed by atoms with E-state index in [9.17, 15) is 0 Å². The van der Waals surface area contributed by atoms with E-state index in [1.165, 1.54) is 25.7 Å². The van der Waals surface area contributed by atoms with E-state index in [1.54, 1.807) is 0 Å². The first-order chi connectivity index (χ1) is 9.38. The van der Waals surface area contributed by atoms with Crippen LogP contribution in [0.1, 0.15) is 52.1 Å². The summed E-state index contributed by atoms with van der Waals surface area (Å²) >= 11 is 7.04. The van der Waals surface area contributed by atoms with Crippen molar-refractivity contribution in [3.8, 4) is 0 Å². The highest BCUT2D eigenvalue weighted by atomic mass is 79.9. The molecule has 112 valence electrons. The Morgan fingerprint density at radius 3 is 2.60 bits per heavy atom. The summed E-state index contributed by atoms with van der Waals surface area (Å²) < 4.78 is 2.08. The van der Waals surface area contributed by atoms with Crippen molar-refractivity contribution < 1.29 is 0 Å². The number of aromatic nitrogens is 1. The molecule has 4 heteroatoms. The third-order valence-corrected chi connectivity index (χ3v) is 5.41. The van der Waals surface area contributed by atoms with E-state index < -0.39 is 0 Å². The topological polar surface area (TPSA) is 24.9 Å². The number of nitrogens with one attached hydrogen (secondary N) is 1. The number of nitrogens with zero attached hydrogens (tertiary/aromatic N) is 1. The third-order valence-electron chi connectivity index (χ3n) is 4.29. The fourth-order valence-electron chi connectivity index (χ4n) is 3.21. The van der Waals surface area contributed by atoms with E-state index in [0.29, 0.717) is 11.5 Å². The summed E-state index contributed by atoms with van der Waals surface area (Å²) in [6.45, 7) is 7.94. The van der Waals surface area contributed by atoms with Gasteiger partial charge in [-0.3, -0.25) is 4.98 Å². The molecule has 0 amide bonds. The van der Waals surface area contributed by atoms with Crippen LogP contribution in [0.15, 0.2) is 21.2 Å². The zero-order valence-corrected chi connectivity index (χ0v) is 15.7. The maximum absolute atomic E-state index is 4.49. The normalized spacial score (nSPS) is 23.9. The summed E-state index contributed by atoms with van der Waals surface area (Å²) in [6.07, 6.45) is 7.22. The van der Waals surface area contributed by atoms with Crippen LogP contribution in [0.25, 0.3) is 0 Å². The predicted molar refractivity (Wildman–Crippen MR) is 91.7 cm³/mol. The molecule has 1 aliphatic carbocycles. The van der Waals surface area contributed by atoms with E-state index in [-0.39, 0.29) is 0 Å². The Labute approximate surface area is 139 Å². The molecule has 2 nitrogen and oxygen atoms in total. The van der Waals surface area contributed by atoms with Gasteiger partial charge in [0.25, 0.3) is 0 Å². The number of hydrogen-bond donors (Lipinski definition) is 1. The van der Waals surface area contributed by atoms with Gasteiger partial charge in [-0.25, -0.2) is 0 Å². The Morgan fingerprint density at radius 1 is 1.25 bits per heavy atom. The Kier molecular flexibility index (Phi) is 5.66. The quantitative estimate of drug-likeness (QED) is 0.740. The van der Waals surface area contributed by atoms with Gasteiger partial charge in [0.1, 0.15) is 0 Å². The fraction of sp³-hybridized carbons (Fsp3) is 0.688. The van der Waals surface area contributed by atoms with Crippen LogP contribution in [0.2, 0.25) is 0 Å². The minimum Gasteiger partial charge on any atom is -0.308 e. The second-order valence-corrected chi connectivity index (χ2v) is 8.60. The predicted octanol–water partition coefficient (Wildman–Crippen LogP) is 5.30. The standard InChI is InChI=1S/C16H24Br2N2/c1-16(2,3)12-6-4-5-7-14(12)20-10-15-13(18)8-11(17)9-19-15/h8-9,12,14,20H,4-7,10H2,1-3H3. The fourth-order valence-corrected chi connectivity index (χ4v) is 4.34. The molecule has 0 saturated heterocycles. The van der Waals surface area contributed by atoms with Crippen molar-refractivity contribution in [1.29, 1.82) is 0 Å². The first kappa shape index (κ1) is 16.4. The van der Waals surface area contributed by atoms with Gasteiger partial charge in [-0.15, -0.1) is 0 Å². The van der Waals surface area contributed by atoms with Crippen LogP contribution in [0.3, 0.4) is 0 Å². The molecule has 0 spiro atoms. The van der Waals surface area contributed by atoms with E-state index in [1.807, 2.05) is 6.20 Å². The number of halogens is 2. The van der Waals surface area contributed by atoms with E-state index in [0.717, 1.165) is 27.1 Å². The molecule has 20 heavy (non-hydrogen) atoms. The molecule has 2 unspecified atom stereocenters. The van der Waals surface area contributed by atoms with Gasteiger partial charge in [-0.05, 0) is 62.1 Å². The van der Waals surface area contributed by atoms with Crippen LogP contribution >= 0.6 is 31.9 Å².